The van der Waals surface area contributed by atoms with Gasteiger partial charge in [-0.1, -0.05) is 0 Å². The van der Waals surface area contributed by atoms with Crippen molar-refractivity contribution in [3.8, 4) is 0 Å². The van der Waals surface area contributed by atoms with Gasteiger partial charge in [-0.05, 0) is 31.4 Å². The first-order valence-electron chi connectivity index (χ1n) is 5.73. The summed E-state index contributed by atoms with van der Waals surface area (Å²) in [6.45, 7) is 4.05. The Morgan fingerprint density at radius 1 is 1.22 bits per heavy atom. The number of pyridine rings is 1. The van der Waals surface area contributed by atoms with Gasteiger partial charge in [0.15, 0.2) is 5.65 Å². The number of aryl methyl sites for hydroxylation is 2. The molecule has 0 aliphatic carbocycles. The molecule has 18 heavy (non-hydrogen) atoms. The van der Waals surface area contributed by atoms with E-state index in [4.69, 9.17) is 0 Å². The van der Waals surface area contributed by atoms with E-state index in [9.17, 15) is 0 Å². The van der Waals surface area contributed by atoms with E-state index in [2.05, 4.69) is 21.1 Å². The number of aromatic nitrogens is 4. The standard InChI is InChI=1S/C13H10N4S/c1-7-5-8(2)17-12(15-7)10-6-14-13-9(3-4-18-13)11(10)16-17/h3-6H,1-2H3. The van der Waals surface area contributed by atoms with Crippen LogP contribution in [0.3, 0.4) is 0 Å². The second kappa shape index (κ2) is 3.26. The highest BCUT2D eigenvalue weighted by molar-refractivity contribution is 7.16. The predicted molar refractivity (Wildman–Crippen MR) is 73.1 cm³/mol. The number of thiophene rings is 1. The van der Waals surface area contributed by atoms with Crippen molar-refractivity contribution in [3.63, 3.8) is 0 Å². The molecular formula is C13H10N4S. The molecule has 0 saturated heterocycles. The zero-order chi connectivity index (χ0) is 12.3. The Morgan fingerprint density at radius 3 is 3.00 bits per heavy atom. The molecule has 0 radical (unpaired) electrons. The SMILES string of the molecule is Cc1cc(C)n2nc3c4ccsc4ncc3c2n1. The third-order valence-corrected chi connectivity index (χ3v) is 3.96. The van der Waals surface area contributed by atoms with E-state index in [0.29, 0.717) is 0 Å². The molecule has 0 aromatic carbocycles. The lowest BCUT2D eigenvalue weighted by molar-refractivity contribution is 0.900. The maximum atomic E-state index is 4.68. The van der Waals surface area contributed by atoms with Crippen LogP contribution in [0.2, 0.25) is 0 Å². The fraction of sp³-hybridized carbons (Fsp3) is 0.154. The van der Waals surface area contributed by atoms with Crippen molar-refractivity contribution in [1.29, 1.82) is 0 Å². The molecule has 0 atom stereocenters. The molecule has 0 saturated carbocycles. The van der Waals surface area contributed by atoms with Crippen molar-refractivity contribution in [2.75, 3.05) is 0 Å². The lowest BCUT2D eigenvalue weighted by Crippen LogP contribution is -1.96. The molecule has 4 heterocycles. The van der Waals surface area contributed by atoms with Gasteiger partial charge in [0, 0.05) is 23.0 Å². The maximum Gasteiger partial charge on any atom is 0.164 e. The highest BCUT2D eigenvalue weighted by Crippen LogP contribution is 2.28. The molecule has 4 aromatic heterocycles. The molecule has 0 spiro atoms. The zero-order valence-corrected chi connectivity index (χ0v) is 10.8. The van der Waals surface area contributed by atoms with Gasteiger partial charge in [0.25, 0.3) is 0 Å². The highest BCUT2D eigenvalue weighted by atomic mass is 32.1. The second-order valence-electron chi connectivity index (χ2n) is 4.43. The zero-order valence-electron chi connectivity index (χ0n) is 10.0. The van der Waals surface area contributed by atoms with E-state index in [1.165, 1.54) is 0 Å². The van der Waals surface area contributed by atoms with Crippen LogP contribution < -0.4 is 0 Å². The van der Waals surface area contributed by atoms with Gasteiger partial charge in [-0.3, -0.25) is 0 Å². The first kappa shape index (κ1) is 9.96. The van der Waals surface area contributed by atoms with E-state index >= 15 is 0 Å². The molecule has 5 heteroatoms. The monoisotopic (exact) mass is 254 g/mol. The number of fused-ring (bicyclic) bond motifs is 5. The third-order valence-electron chi connectivity index (χ3n) is 3.14. The van der Waals surface area contributed by atoms with Crippen LogP contribution in [0.15, 0.2) is 23.7 Å². The number of nitrogens with zero attached hydrogens (tertiary/aromatic N) is 4. The average molecular weight is 254 g/mol. The van der Waals surface area contributed by atoms with Crippen LogP contribution in [0.4, 0.5) is 0 Å². The van der Waals surface area contributed by atoms with Crippen LogP contribution in [0.25, 0.3) is 26.8 Å². The van der Waals surface area contributed by atoms with Gasteiger partial charge in [-0.25, -0.2) is 14.5 Å². The first-order valence-corrected chi connectivity index (χ1v) is 6.61. The van der Waals surface area contributed by atoms with Gasteiger partial charge in [-0.2, -0.15) is 5.10 Å². The van der Waals surface area contributed by atoms with Crippen LogP contribution in [-0.2, 0) is 0 Å². The summed E-state index contributed by atoms with van der Waals surface area (Å²) in [5.41, 5.74) is 3.98. The van der Waals surface area contributed by atoms with Crippen molar-refractivity contribution >= 4 is 38.1 Å². The van der Waals surface area contributed by atoms with Gasteiger partial charge in [0.1, 0.15) is 10.3 Å². The van der Waals surface area contributed by atoms with Gasteiger partial charge in [0.05, 0.1) is 5.39 Å². The lowest BCUT2D eigenvalue weighted by atomic mass is 10.2. The largest absolute Gasteiger partial charge is 0.244 e. The fourth-order valence-corrected chi connectivity index (χ4v) is 3.10. The molecule has 0 aliphatic rings. The van der Waals surface area contributed by atoms with Crippen molar-refractivity contribution in [3.05, 3.63) is 35.1 Å². The Bertz CT molecular complexity index is 903. The van der Waals surface area contributed by atoms with Crippen LogP contribution in [0, 0.1) is 13.8 Å². The molecule has 0 unspecified atom stereocenters. The van der Waals surface area contributed by atoms with Crippen molar-refractivity contribution < 1.29 is 0 Å². The van der Waals surface area contributed by atoms with Gasteiger partial charge in [-0.15, -0.1) is 11.3 Å². The van der Waals surface area contributed by atoms with Crippen molar-refractivity contribution in [1.82, 2.24) is 19.6 Å². The van der Waals surface area contributed by atoms with Gasteiger partial charge < -0.3 is 0 Å². The number of rotatable bonds is 0. The molecule has 0 amide bonds. The van der Waals surface area contributed by atoms with Gasteiger partial charge >= 0.3 is 0 Å². The van der Waals surface area contributed by atoms with Crippen molar-refractivity contribution in [2.24, 2.45) is 0 Å². The normalized spacial score (nSPS) is 11.9. The molecular weight excluding hydrogens is 244 g/mol. The van der Waals surface area contributed by atoms with Crippen LogP contribution in [-0.4, -0.2) is 19.6 Å². The van der Waals surface area contributed by atoms with Crippen molar-refractivity contribution in [2.45, 2.75) is 13.8 Å². The van der Waals surface area contributed by atoms with E-state index in [-0.39, 0.29) is 0 Å². The van der Waals surface area contributed by atoms with Crippen LogP contribution in [0.1, 0.15) is 11.4 Å². The minimum atomic E-state index is 0.892. The Hall–Kier alpha value is -2.01. The maximum absolute atomic E-state index is 4.68. The Labute approximate surface area is 107 Å². The first-order chi connectivity index (χ1) is 8.74. The van der Waals surface area contributed by atoms with Crippen LogP contribution in [0.5, 0.6) is 0 Å². The van der Waals surface area contributed by atoms with E-state index in [1.807, 2.05) is 36.0 Å². The third kappa shape index (κ3) is 1.17. The summed E-state index contributed by atoms with van der Waals surface area (Å²) in [4.78, 5) is 10.1. The minimum absolute atomic E-state index is 0.892. The predicted octanol–water partition coefficient (Wildman–Crippen LogP) is 3.11. The van der Waals surface area contributed by atoms with E-state index < -0.39 is 0 Å². The molecule has 0 N–H and O–H groups in total. The summed E-state index contributed by atoms with van der Waals surface area (Å²) in [7, 11) is 0. The molecule has 4 aromatic rings. The average Bonchev–Trinajstić information content (AvgIpc) is 2.91. The molecule has 88 valence electrons. The summed E-state index contributed by atoms with van der Waals surface area (Å²) < 4.78 is 1.90. The van der Waals surface area contributed by atoms with E-state index in [1.54, 1.807) is 11.3 Å². The summed E-state index contributed by atoms with van der Waals surface area (Å²) in [6, 6.07) is 4.11. The summed E-state index contributed by atoms with van der Waals surface area (Å²) in [5.74, 6) is 0. The minimum Gasteiger partial charge on any atom is -0.244 e. The van der Waals surface area contributed by atoms with Gasteiger partial charge in [0.2, 0.25) is 0 Å². The molecule has 0 fully saturated rings. The Balaban J connectivity index is 2.33. The Kier molecular flexibility index (Phi) is 1.81. The lowest BCUT2D eigenvalue weighted by Gasteiger charge is -1.99. The second-order valence-corrected chi connectivity index (χ2v) is 5.33. The topological polar surface area (TPSA) is 43.1 Å². The Morgan fingerprint density at radius 2 is 2.11 bits per heavy atom. The smallest absolute Gasteiger partial charge is 0.164 e. The highest BCUT2D eigenvalue weighted by Gasteiger charge is 2.12. The summed E-state index contributed by atoms with van der Waals surface area (Å²) >= 11 is 1.64. The molecule has 4 rings (SSSR count). The quantitative estimate of drug-likeness (QED) is 0.484. The van der Waals surface area contributed by atoms with Crippen LogP contribution >= 0.6 is 11.3 Å². The number of hydrogen-bond acceptors (Lipinski definition) is 4. The summed E-state index contributed by atoms with van der Waals surface area (Å²) in [5, 5.41) is 8.86. The van der Waals surface area contributed by atoms with E-state index in [0.717, 1.165) is 38.2 Å². The number of hydrogen-bond donors (Lipinski definition) is 0. The fourth-order valence-electron chi connectivity index (χ4n) is 2.36. The molecule has 0 bridgehead atoms. The summed E-state index contributed by atoms with van der Waals surface area (Å²) in [6.07, 6.45) is 1.88. The molecule has 0 aliphatic heterocycles. The molecule has 4 nitrogen and oxygen atoms in total.